The highest BCUT2D eigenvalue weighted by molar-refractivity contribution is 7.89. The largest absolute Gasteiger partial charge is 0.270 e. The molecule has 3 rings (SSSR count). The molecule has 2 aromatic carbocycles. The lowest BCUT2D eigenvalue weighted by molar-refractivity contribution is 0.0846. The Hall–Kier alpha value is -2.71. The third kappa shape index (κ3) is 4.53. The van der Waals surface area contributed by atoms with E-state index in [2.05, 4.69) is 15.6 Å². The summed E-state index contributed by atoms with van der Waals surface area (Å²) in [7, 11) is -3.67. The van der Waals surface area contributed by atoms with Crippen LogP contribution in [0.25, 0.3) is 0 Å². The summed E-state index contributed by atoms with van der Waals surface area (Å²) in [4.78, 5) is 24.7. The van der Waals surface area contributed by atoms with Crippen molar-refractivity contribution in [3.63, 3.8) is 0 Å². The zero-order chi connectivity index (χ0) is 19.6. The van der Waals surface area contributed by atoms with Gasteiger partial charge in [-0.05, 0) is 56.0 Å². The Balaban J connectivity index is 1.73. The minimum absolute atomic E-state index is 0.0235. The van der Waals surface area contributed by atoms with Gasteiger partial charge in [0.1, 0.15) is 0 Å². The zero-order valence-electron chi connectivity index (χ0n) is 15.1. The molecule has 0 atom stereocenters. The quantitative estimate of drug-likeness (QED) is 0.681. The molecule has 0 aliphatic heterocycles. The number of carbonyl (C=O) groups excluding carboxylic acids is 2. The van der Waals surface area contributed by atoms with Crippen LogP contribution in [0.1, 0.15) is 44.7 Å². The summed E-state index contributed by atoms with van der Waals surface area (Å²) in [6.07, 6.45) is 1.65. The molecule has 1 saturated carbocycles. The van der Waals surface area contributed by atoms with Crippen molar-refractivity contribution < 1.29 is 18.0 Å². The molecule has 0 heterocycles. The molecule has 0 saturated heterocycles. The second-order valence-corrected chi connectivity index (χ2v) is 8.31. The molecule has 3 N–H and O–H groups in total. The van der Waals surface area contributed by atoms with Crippen molar-refractivity contribution in [1.29, 1.82) is 0 Å². The molecular formula is C19H21N3O4S. The average molecular weight is 387 g/mol. The minimum Gasteiger partial charge on any atom is -0.267 e. The van der Waals surface area contributed by atoms with Crippen LogP contribution in [-0.4, -0.2) is 26.3 Å². The van der Waals surface area contributed by atoms with E-state index in [4.69, 9.17) is 0 Å². The predicted octanol–water partition coefficient (Wildman–Crippen LogP) is 1.82. The molecule has 0 spiro atoms. The number of carbonyl (C=O) groups is 2. The Morgan fingerprint density at radius 1 is 0.889 bits per heavy atom. The van der Waals surface area contributed by atoms with Crippen LogP contribution in [0.5, 0.6) is 0 Å². The van der Waals surface area contributed by atoms with E-state index in [0.717, 1.165) is 18.4 Å². The van der Waals surface area contributed by atoms with E-state index < -0.39 is 21.8 Å². The van der Waals surface area contributed by atoms with Crippen LogP contribution >= 0.6 is 0 Å². The SMILES string of the molecule is Cc1ccccc1C(=O)NNC(=O)c1cc(S(=O)(=O)NC2CC2)ccc1C. The zero-order valence-corrected chi connectivity index (χ0v) is 15.9. The molecule has 142 valence electrons. The molecule has 0 aromatic heterocycles. The van der Waals surface area contributed by atoms with Crippen molar-refractivity contribution in [2.45, 2.75) is 37.6 Å². The van der Waals surface area contributed by atoms with Gasteiger partial charge in [-0.2, -0.15) is 0 Å². The Morgan fingerprint density at radius 2 is 1.48 bits per heavy atom. The Labute approximate surface area is 158 Å². The van der Waals surface area contributed by atoms with Gasteiger partial charge in [0.2, 0.25) is 10.0 Å². The molecule has 1 aliphatic carbocycles. The predicted molar refractivity (Wildman–Crippen MR) is 101 cm³/mol. The second kappa shape index (κ2) is 7.50. The van der Waals surface area contributed by atoms with Crippen LogP contribution in [0.15, 0.2) is 47.4 Å². The number of amides is 2. The minimum atomic E-state index is -3.67. The molecule has 27 heavy (non-hydrogen) atoms. The molecule has 0 radical (unpaired) electrons. The fourth-order valence-electron chi connectivity index (χ4n) is 2.58. The number of nitrogens with one attached hydrogen (secondary N) is 3. The third-order valence-corrected chi connectivity index (χ3v) is 5.86. The number of hydrogen-bond donors (Lipinski definition) is 3. The van der Waals surface area contributed by atoms with Crippen molar-refractivity contribution in [2.24, 2.45) is 0 Å². The van der Waals surface area contributed by atoms with E-state index in [1.807, 2.05) is 6.07 Å². The van der Waals surface area contributed by atoms with Crippen molar-refractivity contribution in [3.8, 4) is 0 Å². The van der Waals surface area contributed by atoms with Gasteiger partial charge in [-0.15, -0.1) is 0 Å². The van der Waals surface area contributed by atoms with Gasteiger partial charge in [-0.3, -0.25) is 20.4 Å². The summed E-state index contributed by atoms with van der Waals surface area (Å²) >= 11 is 0. The lowest BCUT2D eigenvalue weighted by Gasteiger charge is -2.12. The monoisotopic (exact) mass is 387 g/mol. The van der Waals surface area contributed by atoms with Crippen molar-refractivity contribution >= 4 is 21.8 Å². The maximum absolute atomic E-state index is 12.5. The van der Waals surface area contributed by atoms with Gasteiger partial charge in [0, 0.05) is 17.2 Å². The third-order valence-electron chi connectivity index (χ3n) is 4.34. The van der Waals surface area contributed by atoms with E-state index >= 15 is 0 Å². The first-order valence-electron chi connectivity index (χ1n) is 8.57. The highest BCUT2D eigenvalue weighted by Crippen LogP contribution is 2.23. The Kier molecular flexibility index (Phi) is 5.29. The molecule has 7 nitrogen and oxygen atoms in total. The van der Waals surface area contributed by atoms with Crippen molar-refractivity contribution in [3.05, 3.63) is 64.7 Å². The molecule has 8 heteroatoms. The number of hydrogen-bond acceptors (Lipinski definition) is 4. The lowest BCUT2D eigenvalue weighted by Crippen LogP contribution is -2.42. The van der Waals surface area contributed by atoms with Gasteiger partial charge in [-0.25, -0.2) is 13.1 Å². The van der Waals surface area contributed by atoms with E-state index in [9.17, 15) is 18.0 Å². The molecule has 2 amide bonds. The van der Waals surface area contributed by atoms with Crippen LogP contribution in [0, 0.1) is 13.8 Å². The number of sulfonamides is 1. The first-order chi connectivity index (χ1) is 12.8. The number of benzene rings is 2. The lowest BCUT2D eigenvalue weighted by atomic mass is 10.1. The van der Waals surface area contributed by atoms with E-state index in [0.29, 0.717) is 11.1 Å². The normalized spacial score (nSPS) is 13.9. The maximum Gasteiger partial charge on any atom is 0.270 e. The number of rotatable bonds is 5. The first kappa shape index (κ1) is 19.1. The summed E-state index contributed by atoms with van der Waals surface area (Å²) < 4.78 is 27.3. The first-order valence-corrected chi connectivity index (χ1v) is 10.1. The van der Waals surface area contributed by atoms with E-state index in [1.165, 1.54) is 12.1 Å². The average Bonchev–Trinajstić information content (AvgIpc) is 3.43. The standard InChI is InChI=1S/C19H21N3O4S/c1-12-5-3-4-6-16(12)18(23)20-21-19(24)17-11-15(10-7-13(17)2)27(25,26)22-14-8-9-14/h3-7,10-11,14,22H,8-9H2,1-2H3,(H,20,23)(H,21,24). The number of aryl methyl sites for hydroxylation is 2. The van der Waals surface area contributed by atoms with Crippen LogP contribution < -0.4 is 15.6 Å². The van der Waals surface area contributed by atoms with Gasteiger partial charge in [0.05, 0.1) is 4.90 Å². The summed E-state index contributed by atoms with van der Waals surface area (Å²) in [5.41, 5.74) is 6.71. The molecule has 1 fully saturated rings. The van der Waals surface area contributed by atoms with Gasteiger partial charge >= 0.3 is 0 Å². The van der Waals surface area contributed by atoms with E-state index in [-0.39, 0.29) is 16.5 Å². The highest BCUT2D eigenvalue weighted by atomic mass is 32.2. The molecule has 0 bridgehead atoms. The maximum atomic E-state index is 12.5. The summed E-state index contributed by atoms with van der Waals surface area (Å²) in [5, 5.41) is 0. The fourth-order valence-corrected chi connectivity index (χ4v) is 3.91. The van der Waals surface area contributed by atoms with Gasteiger partial charge in [-0.1, -0.05) is 24.3 Å². The summed E-state index contributed by atoms with van der Waals surface area (Å²) in [6.45, 7) is 3.49. The smallest absolute Gasteiger partial charge is 0.267 e. The molecule has 0 unspecified atom stereocenters. The summed E-state index contributed by atoms with van der Waals surface area (Å²) in [5.74, 6) is -1.03. The van der Waals surface area contributed by atoms with Crippen molar-refractivity contribution in [2.75, 3.05) is 0 Å². The van der Waals surface area contributed by atoms with Gasteiger partial charge in [0.15, 0.2) is 0 Å². The van der Waals surface area contributed by atoms with Crippen LogP contribution in [0.2, 0.25) is 0 Å². The van der Waals surface area contributed by atoms with E-state index in [1.54, 1.807) is 38.1 Å². The molecular weight excluding hydrogens is 366 g/mol. The highest BCUT2D eigenvalue weighted by Gasteiger charge is 2.28. The Morgan fingerprint density at radius 3 is 2.11 bits per heavy atom. The fraction of sp³-hybridized carbons (Fsp3) is 0.263. The van der Waals surface area contributed by atoms with Crippen LogP contribution in [0.4, 0.5) is 0 Å². The Bertz CT molecular complexity index is 998. The van der Waals surface area contributed by atoms with Gasteiger partial charge in [0.25, 0.3) is 11.8 Å². The van der Waals surface area contributed by atoms with Crippen molar-refractivity contribution in [1.82, 2.24) is 15.6 Å². The van der Waals surface area contributed by atoms with Gasteiger partial charge < -0.3 is 0 Å². The molecule has 1 aliphatic rings. The number of hydrazine groups is 1. The molecule has 2 aromatic rings. The van der Waals surface area contributed by atoms with Crippen LogP contribution in [0.3, 0.4) is 0 Å². The topological polar surface area (TPSA) is 104 Å². The van der Waals surface area contributed by atoms with Crippen LogP contribution in [-0.2, 0) is 10.0 Å². The second-order valence-electron chi connectivity index (χ2n) is 6.60. The summed E-state index contributed by atoms with van der Waals surface area (Å²) in [6, 6.07) is 11.3.